The van der Waals surface area contributed by atoms with E-state index in [0.29, 0.717) is 6.61 Å². The highest BCUT2D eigenvalue weighted by Crippen LogP contribution is 2.13. The lowest BCUT2D eigenvalue weighted by atomic mass is 10.1. The molecule has 0 heterocycles. The van der Waals surface area contributed by atoms with Gasteiger partial charge in [0.1, 0.15) is 0 Å². The van der Waals surface area contributed by atoms with Crippen LogP contribution < -0.4 is 5.32 Å². The van der Waals surface area contributed by atoms with E-state index in [4.69, 9.17) is 4.74 Å². The van der Waals surface area contributed by atoms with Crippen molar-refractivity contribution >= 4 is 6.09 Å². The first kappa shape index (κ1) is 11.6. The second-order valence-corrected chi connectivity index (χ2v) is 3.50. The van der Waals surface area contributed by atoms with Crippen molar-refractivity contribution in [3.05, 3.63) is 35.4 Å². The molecule has 1 aromatic carbocycles. The molecule has 0 aliphatic carbocycles. The molecule has 0 fully saturated rings. The summed E-state index contributed by atoms with van der Waals surface area (Å²) in [5, 5.41) is 2.76. The third-order valence-corrected chi connectivity index (χ3v) is 2.15. The van der Waals surface area contributed by atoms with Crippen molar-refractivity contribution in [2.45, 2.75) is 26.8 Å². The summed E-state index contributed by atoms with van der Waals surface area (Å²) in [6.45, 7) is 6.15. The minimum Gasteiger partial charge on any atom is -0.450 e. The first-order chi connectivity index (χ1) is 7.13. The van der Waals surface area contributed by atoms with Crippen LogP contribution in [0.3, 0.4) is 0 Å². The average Bonchev–Trinajstić information content (AvgIpc) is 2.18. The summed E-state index contributed by atoms with van der Waals surface area (Å²) in [6.07, 6.45) is -0.369. The van der Waals surface area contributed by atoms with E-state index in [1.165, 1.54) is 5.56 Å². The third-order valence-electron chi connectivity index (χ3n) is 2.15. The zero-order chi connectivity index (χ0) is 11.3. The Morgan fingerprint density at radius 2 is 2.27 bits per heavy atom. The Labute approximate surface area is 90.4 Å². The summed E-state index contributed by atoms with van der Waals surface area (Å²) in [6, 6.07) is 8.03. The van der Waals surface area contributed by atoms with Crippen LogP contribution in [0.4, 0.5) is 4.79 Å². The van der Waals surface area contributed by atoms with Crippen molar-refractivity contribution < 1.29 is 9.53 Å². The van der Waals surface area contributed by atoms with Crippen molar-refractivity contribution in [3.63, 3.8) is 0 Å². The number of aryl methyl sites for hydroxylation is 1. The molecule has 0 bridgehead atoms. The molecule has 1 N–H and O–H groups in total. The van der Waals surface area contributed by atoms with E-state index in [1.807, 2.05) is 32.0 Å². The van der Waals surface area contributed by atoms with Gasteiger partial charge in [-0.05, 0) is 26.3 Å². The Balaban J connectivity index is 2.60. The molecular weight excluding hydrogens is 190 g/mol. The van der Waals surface area contributed by atoms with Crippen LogP contribution in [0.5, 0.6) is 0 Å². The van der Waals surface area contributed by atoms with Crippen LogP contribution in [-0.4, -0.2) is 12.7 Å². The Morgan fingerprint density at radius 3 is 2.87 bits per heavy atom. The molecule has 3 heteroatoms. The van der Waals surface area contributed by atoms with Crippen LogP contribution in [0.1, 0.15) is 31.0 Å². The first-order valence-corrected chi connectivity index (χ1v) is 5.13. The first-order valence-electron chi connectivity index (χ1n) is 5.13. The molecule has 0 aromatic heterocycles. The normalized spacial score (nSPS) is 11.9. The molecule has 1 rings (SSSR count). The summed E-state index contributed by atoms with van der Waals surface area (Å²) in [7, 11) is 0. The quantitative estimate of drug-likeness (QED) is 0.827. The van der Waals surface area contributed by atoms with Crippen molar-refractivity contribution in [1.29, 1.82) is 0 Å². The number of hydrogen-bond acceptors (Lipinski definition) is 2. The minimum atomic E-state index is -0.369. The van der Waals surface area contributed by atoms with Crippen LogP contribution in [0, 0.1) is 6.92 Å². The van der Waals surface area contributed by atoms with E-state index in [0.717, 1.165) is 5.56 Å². The fraction of sp³-hybridized carbons (Fsp3) is 0.417. The number of nitrogens with one attached hydrogen (secondary N) is 1. The Bertz CT molecular complexity index is 336. The largest absolute Gasteiger partial charge is 0.450 e. The van der Waals surface area contributed by atoms with Gasteiger partial charge in [0.25, 0.3) is 0 Å². The summed E-state index contributed by atoms with van der Waals surface area (Å²) in [5.41, 5.74) is 2.27. The highest BCUT2D eigenvalue weighted by molar-refractivity contribution is 5.67. The van der Waals surface area contributed by atoms with Gasteiger partial charge in [-0.25, -0.2) is 4.79 Å². The SMILES string of the molecule is CCOC(=O)N[C@@H](C)c1cccc(C)c1. The fourth-order valence-electron chi connectivity index (χ4n) is 1.37. The number of benzene rings is 1. The highest BCUT2D eigenvalue weighted by Gasteiger charge is 2.09. The smallest absolute Gasteiger partial charge is 0.407 e. The van der Waals surface area contributed by atoms with Crippen LogP contribution in [0.15, 0.2) is 24.3 Å². The van der Waals surface area contributed by atoms with Gasteiger partial charge >= 0.3 is 6.09 Å². The minimum absolute atomic E-state index is 0.0241. The van der Waals surface area contributed by atoms with E-state index in [2.05, 4.69) is 11.4 Å². The Hall–Kier alpha value is -1.51. The summed E-state index contributed by atoms with van der Waals surface area (Å²) >= 11 is 0. The standard InChI is InChI=1S/C12H17NO2/c1-4-15-12(14)13-10(3)11-7-5-6-9(2)8-11/h5-8,10H,4H2,1-3H3,(H,13,14)/t10-/m0/s1. The van der Waals surface area contributed by atoms with E-state index in [-0.39, 0.29) is 12.1 Å². The maximum Gasteiger partial charge on any atom is 0.407 e. The lowest BCUT2D eigenvalue weighted by molar-refractivity contribution is 0.149. The van der Waals surface area contributed by atoms with Gasteiger partial charge < -0.3 is 10.1 Å². The van der Waals surface area contributed by atoms with Gasteiger partial charge in [0.15, 0.2) is 0 Å². The van der Waals surface area contributed by atoms with Crippen LogP contribution in [0.2, 0.25) is 0 Å². The third kappa shape index (κ3) is 3.62. The number of ether oxygens (including phenoxy) is 1. The van der Waals surface area contributed by atoms with Crippen LogP contribution >= 0.6 is 0 Å². The zero-order valence-corrected chi connectivity index (χ0v) is 9.41. The van der Waals surface area contributed by atoms with Gasteiger partial charge in [-0.1, -0.05) is 29.8 Å². The summed E-state index contributed by atoms with van der Waals surface area (Å²) in [4.78, 5) is 11.2. The van der Waals surface area contributed by atoms with Gasteiger partial charge in [0, 0.05) is 0 Å². The molecular formula is C12H17NO2. The van der Waals surface area contributed by atoms with E-state index >= 15 is 0 Å². The topological polar surface area (TPSA) is 38.3 Å². The predicted molar refractivity (Wildman–Crippen MR) is 59.8 cm³/mol. The lowest BCUT2D eigenvalue weighted by Gasteiger charge is -2.14. The summed E-state index contributed by atoms with van der Waals surface area (Å²) < 4.78 is 4.81. The number of rotatable bonds is 3. The molecule has 15 heavy (non-hydrogen) atoms. The second kappa shape index (κ2) is 5.39. The maximum absolute atomic E-state index is 11.2. The molecule has 0 unspecified atom stereocenters. The molecule has 1 amide bonds. The molecule has 82 valence electrons. The Kier molecular flexibility index (Phi) is 4.16. The van der Waals surface area contributed by atoms with Gasteiger partial charge in [0.05, 0.1) is 12.6 Å². The number of amides is 1. The van der Waals surface area contributed by atoms with Crippen molar-refractivity contribution in [1.82, 2.24) is 5.32 Å². The number of carbonyl (C=O) groups excluding carboxylic acids is 1. The van der Waals surface area contributed by atoms with E-state index < -0.39 is 0 Å². The predicted octanol–water partition coefficient (Wildman–Crippen LogP) is 2.80. The molecule has 0 aliphatic heterocycles. The second-order valence-electron chi connectivity index (χ2n) is 3.50. The van der Waals surface area contributed by atoms with E-state index in [9.17, 15) is 4.79 Å². The maximum atomic E-state index is 11.2. The molecule has 3 nitrogen and oxygen atoms in total. The van der Waals surface area contributed by atoms with Crippen molar-refractivity contribution in [3.8, 4) is 0 Å². The lowest BCUT2D eigenvalue weighted by Crippen LogP contribution is -2.27. The number of alkyl carbamates (subject to hydrolysis) is 1. The van der Waals surface area contributed by atoms with Crippen LogP contribution in [-0.2, 0) is 4.74 Å². The fourth-order valence-corrected chi connectivity index (χ4v) is 1.37. The van der Waals surface area contributed by atoms with Gasteiger partial charge in [-0.15, -0.1) is 0 Å². The average molecular weight is 207 g/mol. The zero-order valence-electron chi connectivity index (χ0n) is 9.41. The molecule has 0 aliphatic rings. The van der Waals surface area contributed by atoms with Crippen molar-refractivity contribution in [2.24, 2.45) is 0 Å². The molecule has 1 atom stereocenters. The van der Waals surface area contributed by atoms with Crippen LogP contribution in [0.25, 0.3) is 0 Å². The molecule has 1 aromatic rings. The summed E-state index contributed by atoms with van der Waals surface area (Å²) in [5.74, 6) is 0. The van der Waals surface area contributed by atoms with Crippen molar-refractivity contribution in [2.75, 3.05) is 6.61 Å². The van der Waals surface area contributed by atoms with Gasteiger partial charge in [-0.3, -0.25) is 0 Å². The van der Waals surface area contributed by atoms with Gasteiger partial charge in [0.2, 0.25) is 0 Å². The molecule has 0 saturated carbocycles. The number of carbonyl (C=O) groups is 1. The van der Waals surface area contributed by atoms with Gasteiger partial charge in [-0.2, -0.15) is 0 Å². The highest BCUT2D eigenvalue weighted by atomic mass is 16.5. The Morgan fingerprint density at radius 1 is 1.53 bits per heavy atom. The molecule has 0 radical (unpaired) electrons. The molecule has 0 spiro atoms. The molecule has 0 saturated heterocycles. The monoisotopic (exact) mass is 207 g/mol. The van der Waals surface area contributed by atoms with E-state index in [1.54, 1.807) is 6.92 Å². The number of hydrogen-bond donors (Lipinski definition) is 1.